The summed E-state index contributed by atoms with van der Waals surface area (Å²) in [6.07, 6.45) is 0. The smallest absolute Gasteiger partial charge is 0.191 e. The van der Waals surface area contributed by atoms with E-state index in [4.69, 9.17) is 4.74 Å². The van der Waals surface area contributed by atoms with E-state index >= 15 is 0 Å². The Labute approximate surface area is 138 Å². The number of nitrogens with one attached hydrogen (secondary N) is 2. The van der Waals surface area contributed by atoms with Gasteiger partial charge >= 0.3 is 0 Å². The van der Waals surface area contributed by atoms with Gasteiger partial charge in [-0.15, -0.1) is 0 Å². The summed E-state index contributed by atoms with van der Waals surface area (Å²) in [5, 5.41) is 6.68. The Morgan fingerprint density at radius 1 is 1.04 bits per heavy atom. The van der Waals surface area contributed by atoms with Crippen LogP contribution in [0, 0.1) is 13.8 Å². The van der Waals surface area contributed by atoms with E-state index < -0.39 is 0 Å². The third kappa shape index (κ3) is 5.02. The fraction of sp³-hybridized carbons (Fsp3) is 0.316. The van der Waals surface area contributed by atoms with Gasteiger partial charge < -0.3 is 15.4 Å². The van der Waals surface area contributed by atoms with Crippen LogP contribution in [0.25, 0.3) is 0 Å². The molecule has 4 heteroatoms. The number of aryl methyl sites for hydroxylation is 2. The van der Waals surface area contributed by atoms with E-state index in [1.54, 1.807) is 14.2 Å². The molecule has 0 aliphatic carbocycles. The molecule has 0 fully saturated rings. The second kappa shape index (κ2) is 8.22. The molecule has 2 N–H and O–H groups in total. The summed E-state index contributed by atoms with van der Waals surface area (Å²) in [5.74, 6) is 1.67. The third-order valence-corrected chi connectivity index (χ3v) is 3.74. The normalized spacial score (nSPS) is 11.2. The molecule has 0 saturated carbocycles. The van der Waals surface area contributed by atoms with Gasteiger partial charge in [0.1, 0.15) is 5.75 Å². The van der Waals surface area contributed by atoms with Crippen molar-refractivity contribution < 1.29 is 4.74 Å². The van der Waals surface area contributed by atoms with Crippen LogP contribution >= 0.6 is 0 Å². The van der Waals surface area contributed by atoms with Gasteiger partial charge in [-0.1, -0.05) is 30.3 Å². The van der Waals surface area contributed by atoms with E-state index in [0.29, 0.717) is 6.54 Å². The minimum absolute atomic E-state index is 0.700. The predicted octanol–water partition coefficient (Wildman–Crippen LogP) is 3.18. The van der Waals surface area contributed by atoms with Crippen LogP contribution in [-0.4, -0.2) is 20.1 Å². The first-order chi connectivity index (χ1) is 11.1. The van der Waals surface area contributed by atoms with Crippen LogP contribution in [0.4, 0.5) is 0 Å². The van der Waals surface area contributed by atoms with E-state index in [1.165, 1.54) is 22.3 Å². The Morgan fingerprint density at radius 2 is 1.78 bits per heavy atom. The highest BCUT2D eigenvalue weighted by Crippen LogP contribution is 2.16. The van der Waals surface area contributed by atoms with Gasteiger partial charge in [0.15, 0.2) is 5.96 Å². The zero-order valence-corrected chi connectivity index (χ0v) is 14.3. The number of guanidine groups is 1. The van der Waals surface area contributed by atoms with Crippen molar-refractivity contribution in [2.75, 3.05) is 14.2 Å². The molecule has 2 rings (SSSR count). The van der Waals surface area contributed by atoms with Gasteiger partial charge in [-0.05, 0) is 48.2 Å². The Bertz CT molecular complexity index is 680. The summed E-state index contributed by atoms with van der Waals surface area (Å²) in [5.41, 5.74) is 4.90. The van der Waals surface area contributed by atoms with Crippen molar-refractivity contribution in [2.24, 2.45) is 4.99 Å². The molecule has 0 atom stereocenters. The molecule has 0 heterocycles. The maximum absolute atomic E-state index is 5.31. The highest BCUT2D eigenvalue weighted by atomic mass is 16.5. The van der Waals surface area contributed by atoms with Crippen molar-refractivity contribution >= 4 is 5.96 Å². The SMILES string of the molecule is CN=C(NCc1cc(C)cc(OC)c1)NCc1ccccc1C. The lowest BCUT2D eigenvalue weighted by Gasteiger charge is -2.14. The molecule has 2 aromatic carbocycles. The first-order valence-corrected chi connectivity index (χ1v) is 7.76. The fourth-order valence-corrected chi connectivity index (χ4v) is 2.44. The Balaban J connectivity index is 1.93. The minimum atomic E-state index is 0.700. The van der Waals surface area contributed by atoms with Gasteiger partial charge in [-0.3, -0.25) is 4.99 Å². The van der Waals surface area contributed by atoms with Crippen molar-refractivity contribution in [3.05, 3.63) is 64.7 Å². The number of ether oxygens (including phenoxy) is 1. The molecule has 0 radical (unpaired) electrons. The predicted molar refractivity (Wildman–Crippen MR) is 95.9 cm³/mol. The molecule has 0 amide bonds. The van der Waals surface area contributed by atoms with E-state index in [-0.39, 0.29) is 0 Å². The lowest BCUT2D eigenvalue weighted by molar-refractivity contribution is 0.414. The molecule has 0 spiro atoms. The van der Waals surface area contributed by atoms with E-state index in [9.17, 15) is 0 Å². The number of rotatable bonds is 5. The largest absolute Gasteiger partial charge is 0.497 e. The second-order valence-electron chi connectivity index (χ2n) is 5.56. The Hall–Kier alpha value is -2.49. The molecule has 0 bridgehead atoms. The first kappa shape index (κ1) is 16.9. The van der Waals surface area contributed by atoms with Crippen LogP contribution < -0.4 is 15.4 Å². The van der Waals surface area contributed by atoms with Gasteiger partial charge in [0.25, 0.3) is 0 Å². The number of aliphatic imine (C=N–C) groups is 1. The number of nitrogens with zero attached hydrogens (tertiary/aromatic N) is 1. The molecular weight excluding hydrogens is 286 g/mol. The number of hydrogen-bond donors (Lipinski definition) is 2. The zero-order chi connectivity index (χ0) is 16.7. The summed E-state index contributed by atoms with van der Waals surface area (Å²) in [7, 11) is 3.47. The monoisotopic (exact) mass is 311 g/mol. The van der Waals surface area contributed by atoms with E-state index in [0.717, 1.165) is 18.3 Å². The van der Waals surface area contributed by atoms with Gasteiger partial charge in [0, 0.05) is 20.1 Å². The Morgan fingerprint density at radius 3 is 2.48 bits per heavy atom. The van der Waals surface area contributed by atoms with Gasteiger partial charge in [-0.2, -0.15) is 0 Å². The maximum Gasteiger partial charge on any atom is 0.191 e. The average Bonchev–Trinajstić information content (AvgIpc) is 2.56. The molecule has 0 aliphatic heterocycles. The summed E-state index contributed by atoms with van der Waals surface area (Å²) in [6, 6.07) is 14.6. The molecule has 122 valence electrons. The molecular formula is C19H25N3O. The first-order valence-electron chi connectivity index (χ1n) is 7.76. The van der Waals surface area contributed by atoms with E-state index in [2.05, 4.69) is 59.8 Å². The summed E-state index contributed by atoms with van der Waals surface area (Å²) in [6.45, 7) is 5.64. The molecule has 23 heavy (non-hydrogen) atoms. The zero-order valence-electron chi connectivity index (χ0n) is 14.3. The van der Waals surface area contributed by atoms with Crippen molar-refractivity contribution in [3.63, 3.8) is 0 Å². The highest BCUT2D eigenvalue weighted by Gasteiger charge is 2.03. The summed E-state index contributed by atoms with van der Waals surface area (Å²) in [4.78, 5) is 4.28. The highest BCUT2D eigenvalue weighted by molar-refractivity contribution is 5.79. The van der Waals surface area contributed by atoms with Crippen LogP contribution in [0.3, 0.4) is 0 Å². The van der Waals surface area contributed by atoms with Crippen molar-refractivity contribution in [2.45, 2.75) is 26.9 Å². The molecule has 2 aromatic rings. The fourth-order valence-electron chi connectivity index (χ4n) is 2.44. The standard InChI is InChI=1S/C19H25N3O/c1-14-9-16(11-18(10-14)23-4)12-21-19(20-3)22-13-17-8-6-5-7-15(17)2/h5-11H,12-13H2,1-4H3,(H2,20,21,22). The van der Waals surface area contributed by atoms with Gasteiger partial charge in [-0.25, -0.2) is 0 Å². The van der Waals surface area contributed by atoms with Crippen LogP contribution in [0.2, 0.25) is 0 Å². The lowest BCUT2D eigenvalue weighted by atomic mass is 10.1. The van der Waals surface area contributed by atoms with E-state index in [1.807, 2.05) is 12.1 Å². The van der Waals surface area contributed by atoms with Crippen LogP contribution in [-0.2, 0) is 13.1 Å². The molecule has 0 saturated heterocycles. The van der Waals surface area contributed by atoms with Crippen molar-refractivity contribution in [3.8, 4) is 5.75 Å². The number of benzene rings is 2. The maximum atomic E-state index is 5.31. The molecule has 0 unspecified atom stereocenters. The van der Waals surface area contributed by atoms with Gasteiger partial charge in [0.2, 0.25) is 0 Å². The van der Waals surface area contributed by atoms with Crippen molar-refractivity contribution in [1.29, 1.82) is 0 Å². The lowest BCUT2D eigenvalue weighted by Crippen LogP contribution is -2.36. The van der Waals surface area contributed by atoms with Crippen LogP contribution in [0.1, 0.15) is 22.3 Å². The van der Waals surface area contributed by atoms with Crippen molar-refractivity contribution in [1.82, 2.24) is 10.6 Å². The second-order valence-corrected chi connectivity index (χ2v) is 5.56. The van der Waals surface area contributed by atoms with Crippen LogP contribution in [0.5, 0.6) is 5.75 Å². The molecule has 4 nitrogen and oxygen atoms in total. The molecule has 0 aliphatic rings. The van der Waals surface area contributed by atoms with Crippen LogP contribution in [0.15, 0.2) is 47.5 Å². The average molecular weight is 311 g/mol. The quantitative estimate of drug-likeness (QED) is 0.658. The number of methoxy groups -OCH3 is 1. The Kier molecular flexibility index (Phi) is 6.03. The van der Waals surface area contributed by atoms with Gasteiger partial charge in [0.05, 0.1) is 7.11 Å². The summed E-state index contributed by atoms with van der Waals surface area (Å²) < 4.78 is 5.31. The minimum Gasteiger partial charge on any atom is -0.497 e. The number of hydrogen-bond acceptors (Lipinski definition) is 2. The topological polar surface area (TPSA) is 45.7 Å². The molecule has 0 aromatic heterocycles. The third-order valence-electron chi connectivity index (χ3n) is 3.74. The summed E-state index contributed by atoms with van der Waals surface area (Å²) >= 11 is 0.